The number of ether oxygens (including phenoxy) is 1. The highest BCUT2D eigenvalue weighted by Crippen LogP contribution is 2.36. The van der Waals surface area contributed by atoms with E-state index in [1.807, 2.05) is 18.2 Å². The molecular formula is C18H19ClO2. The third-order valence-electron chi connectivity index (χ3n) is 4.35. The number of fused-ring (bicyclic) bond motifs is 1. The molecular weight excluding hydrogens is 284 g/mol. The lowest BCUT2D eigenvalue weighted by molar-refractivity contribution is 0.0995. The normalized spacial score (nSPS) is 18.9. The van der Waals surface area contributed by atoms with Crippen LogP contribution in [-0.2, 0) is 12.8 Å². The minimum Gasteiger partial charge on any atom is -0.495 e. The van der Waals surface area contributed by atoms with Gasteiger partial charge in [-0.3, -0.25) is 0 Å². The number of aryl methyl sites for hydroxylation is 1. The zero-order valence-corrected chi connectivity index (χ0v) is 12.8. The van der Waals surface area contributed by atoms with Crippen molar-refractivity contribution < 1.29 is 9.84 Å². The monoisotopic (exact) mass is 302 g/mol. The van der Waals surface area contributed by atoms with E-state index >= 15 is 0 Å². The Morgan fingerprint density at radius 1 is 1.19 bits per heavy atom. The molecule has 2 unspecified atom stereocenters. The first-order valence-corrected chi connectivity index (χ1v) is 7.65. The molecule has 0 aliphatic heterocycles. The quantitative estimate of drug-likeness (QED) is 0.921. The van der Waals surface area contributed by atoms with Gasteiger partial charge < -0.3 is 9.84 Å². The summed E-state index contributed by atoms with van der Waals surface area (Å²) in [5, 5.41) is 11.2. The molecule has 2 atom stereocenters. The summed E-state index contributed by atoms with van der Waals surface area (Å²) in [6.07, 6.45) is 2.46. The van der Waals surface area contributed by atoms with Crippen LogP contribution in [0.2, 0.25) is 5.02 Å². The van der Waals surface area contributed by atoms with Gasteiger partial charge in [0, 0.05) is 0 Å². The molecule has 0 fully saturated rings. The van der Waals surface area contributed by atoms with Gasteiger partial charge in [0.1, 0.15) is 5.75 Å². The molecule has 0 heterocycles. The molecule has 0 aromatic heterocycles. The van der Waals surface area contributed by atoms with E-state index in [4.69, 9.17) is 16.3 Å². The lowest BCUT2D eigenvalue weighted by Gasteiger charge is -2.29. The summed E-state index contributed by atoms with van der Waals surface area (Å²) in [7, 11) is 1.59. The molecule has 0 saturated heterocycles. The zero-order valence-electron chi connectivity index (χ0n) is 12.1. The molecule has 2 nitrogen and oxygen atoms in total. The van der Waals surface area contributed by atoms with Crippen LogP contribution in [0.4, 0.5) is 0 Å². The molecule has 0 radical (unpaired) electrons. The van der Waals surface area contributed by atoms with Crippen LogP contribution in [0.15, 0.2) is 42.5 Å². The van der Waals surface area contributed by atoms with Gasteiger partial charge >= 0.3 is 0 Å². The molecule has 0 spiro atoms. The number of halogens is 1. The van der Waals surface area contributed by atoms with E-state index in [1.165, 1.54) is 11.1 Å². The molecule has 2 aromatic carbocycles. The lowest BCUT2D eigenvalue weighted by atomic mass is 9.79. The minimum absolute atomic E-state index is 0.240. The Labute approximate surface area is 130 Å². The van der Waals surface area contributed by atoms with Crippen LogP contribution in [-0.4, -0.2) is 12.2 Å². The van der Waals surface area contributed by atoms with Gasteiger partial charge in [-0.05, 0) is 54.0 Å². The summed E-state index contributed by atoms with van der Waals surface area (Å²) in [4.78, 5) is 0. The summed E-state index contributed by atoms with van der Waals surface area (Å²) >= 11 is 6.16. The van der Waals surface area contributed by atoms with Crippen molar-refractivity contribution in [2.24, 2.45) is 5.92 Å². The van der Waals surface area contributed by atoms with E-state index in [-0.39, 0.29) is 5.92 Å². The highest BCUT2D eigenvalue weighted by atomic mass is 35.5. The van der Waals surface area contributed by atoms with E-state index in [0.717, 1.165) is 24.8 Å². The number of rotatable bonds is 3. The second-order valence-corrected chi connectivity index (χ2v) is 6.02. The van der Waals surface area contributed by atoms with Crippen LogP contribution in [0.1, 0.15) is 29.2 Å². The number of aliphatic hydroxyl groups is 1. The lowest BCUT2D eigenvalue weighted by Crippen LogP contribution is -2.21. The van der Waals surface area contributed by atoms with Gasteiger partial charge in [0.05, 0.1) is 18.2 Å². The fourth-order valence-electron chi connectivity index (χ4n) is 3.13. The topological polar surface area (TPSA) is 29.5 Å². The van der Waals surface area contributed by atoms with Crippen LogP contribution in [0.5, 0.6) is 5.75 Å². The summed E-state index contributed by atoms with van der Waals surface area (Å²) in [5.74, 6) is 0.881. The van der Waals surface area contributed by atoms with Gasteiger partial charge in [0.25, 0.3) is 0 Å². The van der Waals surface area contributed by atoms with E-state index in [9.17, 15) is 5.11 Å². The third-order valence-corrected chi connectivity index (χ3v) is 4.64. The number of hydrogen-bond donors (Lipinski definition) is 1. The summed E-state index contributed by atoms with van der Waals surface area (Å²) in [5.41, 5.74) is 3.63. The van der Waals surface area contributed by atoms with Crippen LogP contribution >= 0.6 is 11.6 Å². The molecule has 1 aliphatic rings. The summed E-state index contributed by atoms with van der Waals surface area (Å²) in [6.45, 7) is 0. The highest BCUT2D eigenvalue weighted by molar-refractivity contribution is 6.32. The minimum atomic E-state index is -0.484. The average Bonchev–Trinajstić information content (AvgIpc) is 2.53. The Bertz CT molecular complexity index is 639. The molecule has 3 heteroatoms. The first-order valence-electron chi connectivity index (χ1n) is 7.27. The first kappa shape index (κ1) is 14.4. The number of benzene rings is 2. The Kier molecular flexibility index (Phi) is 4.18. The number of methoxy groups -OCH3 is 1. The average molecular weight is 303 g/mol. The maximum absolute atomic E-state index is 10.7. The summed E-state index contributed by atoms with van der Waals surface area (Å²) < 4.78 is 5.16. The predicted octanol–water partition coefficient (Wildman–Crippen LogP) is 4.19. The van der Waals surface area contributed by atoms with E-state index in [0.29, 0.717) is 10.8 Å². The van der Waals surface area contributed by atoms with Crippen molar-refractivity contribution in [2.45, 2.75) is 25.4 Å². The van der Waals surface area contributed by atoms with E-state index in [1.54, 1.807) is 7.11 Å². The molecule has 0 saturated carbocycles. The molecule has 2 aromatic rings. The van der Waals surface area contributed by atoms with E-state index in [2.05, 4.69) is 24.3 Å². The Morgan fingerprint density at radius 3 is 2.67 bits per heavy atom. The fraction of sp³-hybridized carbons (Fsp3) is 0.333. The van der Waals surface area contributed by atoms with Crippen molar-refractivity contribution in [3.8, 4) is 5.75 Å². The van der Waals surface area contributed by atoms with Gasteiger partial charge in [0.2, 0.25) is 0 Å². The number of aliphatic hydroxyl groups excluding tert-OH is 1. The van der Waals surface area contributed by atoms with Gasteiger partial charge in [-0.2, -0.15) is 0 Å². The highest BCUT2D eigenvalue weighted by Gasteiger charge is 2.26. The van der Waals surface area contributed by atoms with E-state index < -0.39 is 6.10 Å². The standard InChI is InChI=1S/C18H19ClO2/c1-21-17-9-8-15(11-16(17)19)18(20)14-7-6-12-4-2-3-5-13(12)10-14/h2-5,8-9,11,14,18,20H,6-7,10H2,1H3. The Morgan fingerprint density at radius 2 is 1.95 bits per heavy atom. The molecule has 21 heavy (non-hydrogen) atoms. The maximum Gasteiger partial charge on any atom is 0.137 e. The number of hydrogen-bond acceptors (Lipinski definition) is 2. The second kappa shape index (κ2) is 6.08. The van der Waals surface area contributed by atoms with Gasteiger partial charge in [-0.15, -0.1) is 0 Å². The van der Waals surface area contributed by atoms with Crippen LogP contribution in [0.3, 0.4) is 0 Å². The smallest absolute Gasteiger partial charge is 0.137 e. The Balaban J connectivity index is 1.80. The molecule has 3 rings (SSSR count). The molecule has 1 aliphatic carbocycles. The second-order valence-electron chi connectivity index (χ2n) is 5.61. The zero-order chi connectivity index (χ0) is 14.8. The van der Waals surface area contributed by atoms with Crippen molar-refractivity contribution in [3.63, 3.8) is 0 Å². The van der Waals surface area contributed by atoms with Gasteiger partial charge in [-0.1, -0.05) is 41.9 Å². The van der Waals surface area contributed by atoms with Gasteiger partial charge in [0.15, 0.2) is 0 Å². The fourth-order valence-corrected chi connectivity index (χ4v) is 3.40. The largest absolute Gasteiger partial charge is 0.495 e. The predicted molar refractivity (Wildman–Crippen MR) is 84.9 cm³/mol. The van der Waals surface area contributed by atoms with Crippen molar-refractivity contribution in [3.05, 3.63) is 64.2 Å². The van der Waals surface area contributed by atoms with Crippen molar-refractivity contribution in [2.75, 3.05) is 7.11 Å². The molecule has 110 valence electrons. The van der Waals surface area contributed by atoms with Crippen molar-refractivity contribution in [1.29, 1.82) is 0 Å². The SMILES string of the molecule is COc1ccc(C(O)C2CCc3ccccc3C2)cc1Cl. The third kappa shape index (κ3) is 2.92. The molecule has 1 N–H and O–H groups in total. The summed E-state index contributed by atoms with van der Waals surface area (Å²) in [6, 6.07) is 14.0. The van der Waals surface area contributed by atoms with Crippen LogP contribution in [0, 0.1) is 5.92 Å². The van der Waals surface area contributed by atoms with Gasteiger partial charge in [-0.25, -0.2) is 0 Å². The molecule has 0 amide bonds. The Hall–Kier alpha value is -1.51. The first-order chi connectivity index (χ1) is 10.2. The maximum atomic E-state index is 10.7. The van der Waals surface area contributed by atoms with Crippen molar-refractivity contribution >= 4 is 11.6 Å². The van der Waals surface area contributed by atoms with Crippen LogP contribution in [0.25, 0.3) is 0 Å². The van der Waals surface area contributed by atoms with Crippen molar-refractivity contribution in [1.82, 2.24) is 0 Å². The van der Waals surface area contributed by atoms with Crippen LogP contribution < -0.4 is 4.74 Å². The molecule has 0 bridgehead atoms.